The Balaban J connectivity index is 1.53. The van der Waals surface area contributed by atoms with E-state index in [4.69, 9.17) is 26.4 Å². The molecule has 1 amide bonds. The average Bonchev–Trinajstić information content (AvgIpc) is 3.10. The van der Waals surface area contributed by atoms with E-state index in [1.165, 1.54) is 0 Å². The number of amides is 1. The molecule has 0 saturated carbocycles. The van der Waals surface area contributed by atoms with E-state index in [2.05, 4.69) is 15.5 Å². The van der Waals surface area contributed by atoms with Crippen LogP contribution in [-0.2, 0) is 13.5 Å². The van der Waals surface area contributed by atoms with Crippen molar-refractivity contribution >= 4 is 18.1 Å². The fourth-order valence-electron chi connectivity index (χ4n) is 2.86. The molecule has 164 valence electrons. The van der Waals surface area contributed by atoms with Crippen LogP contribution >= 0.6 is 12.2 Å². The third kappa shape index (κ3) is 6.32. The molecular weight excluding hydrogens is 416 g/mol. The van der Waals surface area contributed by atoms with Crippen molar-refractivity contribution in [2.24, 2.45) is 7.05 Å². The molecule has 0 saturated heterocycles. The topological polar surface area (TPSA) is 90.4 Å². The fraction of sp³-hybridized carbons (Fsp3) is 0.318. The summed E-state index contributed by atoms with van der Waals surface area (Å²) in [5, 5.41) is 9.75. The normalized spacial score (nSPS) is 10.5. The van der Waals surface area contributed by atoms with E-state index in [1.54, 1.807) is 22.8 Å². The molecule has 1 aromatic heterocycles. The van der Waals surface area contributed by atoms with E-state index in [0.717, 1.165) is 11.6 Å². The molecule has 8 nitrogen and oxygen atoms in total. The van der Waals surface area contributed by atoms with Crippen molar-refractivity contribution in [1.82, 2.24) is 20.1 Å². The summed E-state index contributed by atoms with van der Waals surface area (Å²) in [6.07, 6.45) is 0.566. The molecule has 0 aliphatic heterocycles. The number of aromatic amines is 1. The highest BCUT2D eigenvalue weighted by Crippen LogP contribution is 2.28. The van der Waals surface area contributed by atoms with Crippen molar-refractivity contribution in [3.05, 3.63) is 64.7 Å². The van der Waals surface area contributed by atoms with Gasteiger partial charge in [-0.1, -0.05) is 18.2 Å². The minimum Gasteiger partial charge on any atom is -0.490 e. The smallest absolute Gasteiger partial charge is 0.251 e. The first-order valence-corrected chi connectivity index (χ1v) is 10.4. The zero-order chi connectivity index (χ0) is 22.1. The second kappa shape index (κ2) is 11.2. The first-order chi connectivity index (χ1) is 15.1. The van der Waals surface area contributed by atoms with Crippen LogP contribution < -0.4 is 19.5 Å². The quantitative estimate of drug-likeness (QED) is 0.350. The summed E-state index contributed by atoms with van der Waals surface area (Å²) < 4.78 is 19.4. The number of nitrogens with one attached hydrogen (secondary N) is 2. The largest absolute Gasteiger partial charge is 0.490 e. The number of aromatic nitrogens is 3. The number of hydrogen-bond acceptors (Lipinski definition) is 6. The van der Waals surface area contributed by atoms with Gasteiger partial charge in [0, 0.05) is 25.6 Å². The lowest BCUT2D eigenvalue weighted by Crippen LogP contribution is -2.26. The fourth-order valence-corrected chi connectivity index (χ4v) is 3.01. The van der Waals surface area contributed by atoms with Gasteiger partial charge in [0.2, 0.25) is 0 Å². The molecule has 1 heterocycles. The van der Waals surface area contributed by atoms with E-state index in [-0.39, 0.29) is 5.91 Å². The summed E-state index contributed by atoms with van der Waals surface area (Å²) in [6.45, 7) is 3.53. The predicted molar refractivity (Wildman–Crippen MR) is 119 cm³/mol. The number of para-hydroxylation sites is 1. The molecule has 9 heteroatoms. The van der Waals surface area contributed by atoms with Crippen molar-refractivity contribution in [3.8, 4) is 17.2 Å². The number of benzene rings is 2. The van der Waals surface area contributed by atoms with Crippen molar-refractivity contribution in [2.75, 3.05) is 26.4 Å². The molecule has 0 spiro atoms. The highest BCUT2D eigenvalue weighted by Gasteiger charge is 2.12. The van der Waals surface area contributed by atoms with Crippen molar-refractivity contribution in [1.29, 1.82) is 0 Å². The molecule has 31 heavy (non-hydrogen) atoms. The molecular formula is C22H26N4O4S. The van der Waals surface area contributed by atoms with Gasteiger partial charge >= 0.3 is 0 Å². The lowest BCUT2D eigenvalue weighted by molar-refractivity contribution is 0.0953. The Kier molecular flexibility index (Phi) is 8.05. The SMILES string of the molecule is CCOc1cc(C(=O)NCCc2n[nH]c(=S)n2C)ccc1OCCOc1ccccc1. The van der Waals surface area contributed by atoms with E-state index in [9.17, 15) is 4.79 Å². The van der Waals surface area contributed by atoms with E-state index in [0.29, 0.717) is 54.6 Å². The van der Waals surface area contributed by atoms with Crippen molar-refractivity contribution < 1.29 is 19.0 Å². The molecule has 0 atom stereocenters. The monoisotopic (exact) mass is 442 g/mol. The molecule has 0 bridgehead atoms. The summed E-state index contributed by atoms with van der Waals surface area (Å²) in [5.41, 5.74) is 0.492. The summed E-state index contributed by atoms with van der Waals surface area (Å²) in [4.78, 5) is 12.5. The first kappa shape index (κ1) is 22.4. The number of carbonyl (C=O) groups excluding carboxylic acids is 1. The van der Waals surface area contributed by atoms with Gasteiger partial charge in [-0.05, 0) is 49.5 Å². The van der Waals surface area contributed by atoms with Crippen LogP contribution in [0.1, 0.15) is 23.1 Å². The van der Waals surface area contributed by atoms with Crippen LogP contribution in [0.15, 0.2) is 48.5 Å². The van der Waals surface area contributed by atoms with Gasteiger partial charge in [0.05, 0.1) is 6.61 Å². The summed E-state index contributed by atoms with van der Waals surface area (Å²) in [5.74, 6) is 2.45. The van der Waals surface area contributed by atoms with E-state index < -0.39 is 0 Å². The van der Waals surface area contributed by atoms with E-state index in [1.807, 2.05) is 44.3 Å². The van der Waals surface area contributed by atoms with Gasteiger partial charge in [-0.2, -0.15) is 5.10 Å². The summed E-state index contributed by atoms with van der Waals surface area (Å²) in [7, 11) is 1.83. The molecule has 0 unspecified atom stereocenters. The lowest BCUT2D eigenvalue weighted by Gasteiger charge is -2.14. The molecule has 0 fully saturated rings. The van der Waals surface area contributed by atoms with Crippen LogP contribution in [0.4, 0.5) is 0 Å². The van der Waals surface area contributed by atoms with Gasteiger partial charge in [-0.15, -0.1) is 0 Å². The van der Waals surface area contributed by atoms with E-state index >= 15 is 0 Å². The molecule has 0 radical (unpaired) electrons. The second-order valence-corrected chi connectivity index (χ2v) is 7.00. The maximum Gasteiger partial charge on any atom is 0.251 e. The Bertz CT molecular complexity index is 1050. The highest BCUT2D eigenvalue weighted by molar-refractivity contribution is 7.71. The molecule has 2 N–H and O–H groups in total. The van der Waals surface area contributed by atoms with Crippen molar-refractivity contribution in [2.45, 2.75) is 13.3 Å². The van der Waals surface area contributed by atoms with Gasteiger partial charge in [-0.3, -0.25) is 9.89 Å². The van der Waals surface area contributed by atoms with Crippen molar-refractivity contribution in [3.63, 3.8) is 0 Å². The molecule has 3 rings (SSSR count). The van der Waals surface area contributed by atoms with Crippen LogP contribution in [-0.4, -0.2) is 47.0 Å². The van der Waals surface area contributed by atoms with Crippen LogP contribution in [0.25, 0.3) is 0 Å². The Hall–Kier alpha value is -3.33. The Morgan fingerprint density at radius 1 is 1.10 bits per heavy atom. The molecule has 0 aliphatic carbocycles. The second-order valence-electron chi connectivity index (χ2n) is 6.61. The lowest BCUT2D eigenvalue weighted by atomic mass is 10.2. The standard InChI is InChI=1S/C22H26N4O4S/c1-3-28-19-15-16(21(27)23-12-11-20-24-25-22(31)26(20)2)9-10-18(19)30-14-13-29-17-7-5-4-6-8-17/h4-10,15H,3,11-14H2,1-2H3,(H,23,27)(H,25,31). The Morgan fingerprint density at radius 3 is 2.58 bits per heavy atom. The first-order valence-electron chi connectivity index (χ1n) is 10.0. The molecule has 0 aliphatic rings. The van der Waals surface area contributed by atoms with Crippen LogP contribution in [0.5, 0.6) is 17.2 Å². The Labute approximate surface area is 186 Å². The van der Waals surface area contributed by atoms with Crippen LogP contribution in [0, 0.1) is 4.77 Å². The van der Waals surface area contributed by atoms with Gasteiger partial charge in [-0.25, -0.2) is 0 Å². The zero-order valence-corrected chi connectivity index (χ0v) is 18.4. The predicted octanol–water partition coefficient (Wildman–Crippen LogP) is 3.31. The number of rotatable bonds is 11. The van der Waals surface area contributed by atoms with Gasteiger partial charge in [0.25, 0.3) is 5.91 Å². The number of ether oxygens (including phenoxy) is 3. The van der Waals surface area contributed by atoms with Crippen LogP contribution in [0.2, 0.25) is 0 Å². The highest BCUT2D eigenvalue weighted by atomic mass is 32.1. The minimum absolute atomic E-state index is 0.198. The maximum atomic E-state index is 12.5. The summed E-state index contributed by atoms with van der Waals surface area (Å²) in [6, 6.07) is 14.7. The van der Waals surface area contributed by atoms with Gasteiger partial charge < -0.3 is 24.1 Å². The third-order valence-corrected chi connectivity index (χ3v) is 4.83. The molecule has 2 aromatic carbocycles. The number of nitrogens with zero attached hydrogens (tertiary/aromatic N) is 2. The van der Waals surface area contributed by atoms with Gasteiger partial charge in [0.15, 0.2) is 16.3 Å². The van der Waals surface area contributed by atoms with Gasteiger partial charge in [0.1, 0.15) is 24.8 Å². The zero-order valence-electron chi connectivity index (χ0n) is 17.6. The molecule has 3 aromatic rings. The van der Waals surface area contributed by atoms with Crippen LogP contribution in [0.3, 0.4) is 0 Å². The number of carbonyl (C=O) groups is 1. The third-order valence-electron chi connectivity index (χ3n) is 4.47. The maximum absolute atomic E-state index is 12.5. The Morgan fingerprint density at radius 2 is 1.87 bits per heavy atom. The number of H-pyrrole nitrogens is 1. The number of hydrogen-bond donors (Lipinski definition) is 2. The minimum atomic E-state index is -0.198. The summed E-state index contributed by atoms with van der Waals surface area (Å²) >= 11 is 5.09. The average molecular weight is 443 g/mol.